The van der Waals surface area contributed by atoms with Gasteiger partial charge in [-0.05, 0) is 68.6 Å². The minimum atomic E-state index is -2.09. The molecule has 2 aliphatic heterocycles. The van der Waals surface area contributed by atoms with Crippen LogP contribution in [0.3, 0.4) is 0 Å². The molecular weight excluding hydrogens is 538 g/mol. The van der Waals surface area contributed by atoms with E-state index >= 15 is 8.78 Å². The number of nitrogens with zero attached hydrogens (tertiary/aromatic N) is 1. The van der Waals surface area contributed by atoms with Crippen LogP contribution in [-0.2, 0) is 28.6 Å². The molecule has 2 saturated heterocycles. The summed E-state index contributed by atoms with van der Waals surface area (Å²) in [6, 6.07) is 0. The fourth-order valence-corrected chi connectivity index (χ4v) is 9.47. The van der Waals surface area contributed by atoms with Gasteiger partial charge in [-0.25, -0.2) is 8.78 Å². The maximum Gasteiger partial charge on any atom is 0.227 e. The van der Waals surface area contributed by atoms with Crippen LogP contribution in [0, 0.1) is 28.6 Å². The summed E-state index contributed by atoms with van der Waals surface area (Å²) < 4.78 is 58.0. The highest BCUT2D eigenvalue weighted by Crippen LogP contribution is 2.74. The molecule has 6 rings (SSSR count). The van der Waals surface area contributed by atoms with E-state index in [4.69, 9.17) is 23.8 Å². The molecule has 5 fully saturated rings. The number of aliphatic hydroxyl groups excluding tert-OH is 1. The molecule has 41 heavy (non-hydrogen) atoms. The van der Waals surface area contributed by atoms with Crippen molar-refractivity contribution in [2.75, 3.05) is 33.3 Å². The largest absolute Gasteiger partial charge is 0.395 e. The molecular formula is C30H42F2N2O7. The number of nitrogens with one attached hydrogen (secondary N) is 1. The maximum atomic E-state index is 17.8. The van der Waals surface area contributed by atoms with Gasteiger partial charge in [0.2, 0.25) is 11.7 Å². The number of carbonyl (C=O) groups excluding carboxylic acids is 1. The Labute approximate surface area is 239 Å². The zero-order valence-electron chi connectivity index (χ0n) is 24.3. The second kappa shape index (κ2) is 10.1. The van der Waals surface area contributed by atoms with Crippen LogP contribution >= 0.6 is 0 Å². The number of hydrogen-bond donors (Lipinski definition) is 2. The quantitative estimate of drug-likeness (QED) is 0.364. The fourth-order valence-electron chi connectivity index (χ4n) is 9.47. The molecule has 228 valence electrons. The first-order valence-electron chi connectivity index (χ1n) is 14.8. The first-order valence-corrected chi connectivity index (χ1v) is 14.8. The van der Waals surface area contributed by atoms with Crippen molar-refractivity contribution in [1.82, 2.24) is 5.32 Å². The molecule has 0 aromatic carbocycles. The summed E-state index contributed by atoms with van der Waals surface area (Å²) in [6.07, 6.45) is 4.21. The molecule has 3 saturated carbocycles. The number of oxime groups is 1. The predicted molar refractivity (Wildman–Crippen MR) is 144 cm³/mol. The number of alkyl halides is 2. The van der Waals surface area contributed by atoms with Gasteiger partial charge >= 0.3 is 0 Å². The van der Waals surface area contributed by atoms with E-state index in [-0.39, 0.29) is 56.4 Å². The van der Waals surface area contributed by atoms with Crippen LogP contribution in [-0.4, -0.2) is 79.4 Å². The number of halogens is 2. The average Bonchev–Trinajstić information content (AvgIpc) is 3.61. The Morgan fingerprint density at radius 3 is 2.71 bits per heavy atom. The van der Waals surface area contributed by atoms with Gasteiger partial charge in [0, 0.05) is 30.2 Å². The van der Waals surface area contributed by atoms with Crippen molar-refractivity contribution in [2.45, 2.75) is 89.1 Å². The van der Waals surface area contributed by atoms with Crippen molar-refractivity contribution in [3.05, 3.63) is 23.8 Å². The van der Waals surface area contributed by atoms with Crippen molar-refractivity contribution in [2.24, 2.45) is 33.7 Å². The molecule has 2 N–H and O–H groups in total. The second-order valence-corrected chi connectivity index (χ2v) is 13.1. The Balaban J connectivity index is 1.25. The fraction of sp³-hybridized carbons (Fsp3) is 0.800. The Morgan fingerprint density at radius 2 is 1.98 bits per heavy atom. The first-order chi connectivity index (χ1) is 19.5. The zero-order chi connectivity index (χ0) is 29.3. The maximum absolute atomic E-state index is 17.8. The van der Waals surface area contributed by atoms with Crippen LogP contribution < -0.4 is 5.32 Å². The Kier molecular flexibility index (Phi) is 7.17. The van der Waals surface area contributed by atoms with Crippen LogP contribution in [0.5, 0.6) is 0 Å². The van der Waals surface area contributed by atoms with Gasteiger partial charge in [0.15, 0.2) is 19.3 Å². The number of fused-ring (bicyclic) bond motifs is 7. The smallest absolute Gasteiger partial charge is 0.227 e. The Hall–Kier alpha value is -1.92. The highest BCUT2D eigenvalue weighted by molar-refractivity contribution is 6.05. The molecule has 1 amide bonds. The third kappa shape index (κ3) is 3.88. The van der Waals surface area contributed by atoms with E-state index in [1.54, 1.807) is 25.2 Å². The Morgan fingerprint density at radius 1 is 1.20 bits per heavy atom. The summed E-state index contributed by atoms with van der Waals surface area (Å²) in [5, 5.41) is 18.6. The molecule has 9 nitrogen and oxygen atoms in total. The average molecular weight is 581 g/mol. The minimum absolute atomic E-state index is 0.0239. The van der Waals surface area contributed by atoms with E-state index < -0.39 is 46.1 Å². The van der Waals surface area contributed by atoms with Gasteiger partial charge in [0.25, 0.3) is 0 Å². The van der Waals surface area contributed by atoms with Crippen LogP contribution in [0.4, 0.5) is 8.78 Å². The summed E-state index contributed by atoms with van der Waals surface area (Å²) in [5.74, 6) is -2.32. The third-order valence-electron chi connectivity index (χ3n) is 11.2. The number of hydrogen-bond acceptors (Lipinski definition) is 8. The van der Waals surface area contributed by atoms with E-state index in [0.717, 1.165) is 6.42 Å². The van der Waals surface area contributed by atoms with Crippen LogP contribution in [0.2, 0.25) is 0 Å². The third-order valence-corrected chi connectivity index (χ3v) is 11.2. The van der Waals surface area contributed by atoms with Gasteiger partial charge in [-0.15, -0.1) is 0 Å². The number of amides is 1. The highest BCUT2D eigenvalue weighted by atomic mass is 19.1. The van der Waals surface area contributed by atoms with Crippen LogP contribution in [0.25, 0.3) is 0 Å². The van der Waals surface area contributed by atoms with Gasteiger partial charge in [-0.2, -0.15) is 0 Å². The molecule has 11 heteroatoms. The summed E-state index contributed by atoms with van der Waals surface area (Å²) in [4.78, 5) is 16.4. The summed E-state index contributed by atoms with van der Waals surface area (Å²) in [6.45, 7) is 8.44. The topological polar surface area (TPSA) is 108 Å². The standard InChI is InChI=1S/C30H42F2N2O7/c1-18-11-21-22-13-24(31)23-12-20(34-41-10-6-5-9-33-19(2)35)7-8-26(23,3)29(22,32)25(36)14-27(21,4)30(18)28(39-17-40-30)15-37-16-38-28/h7-8,12,18,21-22,24-25,36H,5-6,9-11,13-17H2,1-4H3,(H,33,35)/b34-20+/t18-,21-,22-,24-,25-,26-,27-,28?,29-,30+/m0/s1. The normalized spacial score (nSPS) is 49.2. The van der Waals surface area contributed by atoms with Gasteiger partial charge in [0.05, 0.1) is 6.10 Å². The zero-order valence-corrected chi connectivity index (χ0v) is 24.3. The monoisotopic (exact) mass is 580 g/mol. The molecule has 0 aromatic rings. The molecule has 10 atom stereocenters. The lowest BCUT2D eigenvalue weighted by atomic mass is 9.44. The summed E-state index contributed by atoms with van der Waals surface area (Å²) >= 11 is 0. The lowest BCUT2D eigenvalue weighted by Crippen LogP contribution is -2.72. The van der Waals surface area contributed by atoms with E-state index in [2.05, 4.69) is 17.4 Å². The lowest BCUT2D eigenvalue weighted by Gasteiger charge is -2.64. The molecule has 0 bridgehead atoms. The molecule has 1 unspecified atom stereocenters. The molecule has 6 aliphatic rings. The minimum Gasteiger partial charge on any atom is -0.395 e. The number of ether oxygens (including phenoxy) is 4. The molecule has 4 aliphatic carbocycles. The number of rotatable bonds is 6. The van der Waals surface area contributed by atoms with E-state index in [9.17, 15) is 9.90 Å². The molecule has 0 radical (unpaired) electrons. The first kappa shape index (κ1) is 29.2. The second-order valence-electron chi connectivity index (χ2n) is 13.1. The van der Waals surface area contributed by atoms with Gasteiger partial charge in [-0.3, -0.25) is 4.79 Å². The predicted octanol–water partition coefficient (Wildman–Crippen LogP) is 3.71. The lowest BCUT2D eigenvalue weighted by molar-refractivity contribution is -0.278. The number of allylic oxidation sites excluding steroid dienone is 4. The van der Waals surface area contributed by atoms with E-state index in [0.29, 0.717) is 31.7 Å². The molecule has 0 aromatic heterocycles. The van der Waals surface area contributed by atoms with Gasteiger partial charge in [-0.1, -0.05) is 25.1 Å². The molecule has 2 heterocycles. The summed E-state index contributed by atoms with van der Waals surface area (Å²) in [7, 11) is 0. The van der Waals surface area contributed by atoms with Crippen molar-refractivity contribution < 1.29 is 42.5 Å². The molecule has 2 spiro atoms. The van der Waals surface area contributed by atoms with Crippen LogP contribution in [0.1, 0.15) is 59.8 Å². The SMILES string of the molecule is CC(=O)NCCCCO/N=C1\C=C[C@@]2(C)C(=C1)[C@@H](F)C[C@H]1[C@@H]3C[C@H](C)[C@@]4(OCOC45COCO5)[C@@]3(C)C[C@H](O)[C@@]12F. The van der Waals surface area contributed by atoms with Gasteiger partial charge in [0.1, 0.15) is 30.7 Å². The van der Waals surface area contributed by atoms with Crippen molar-refractivity contribution in [1.29, 1.82) is 0 Å². The van der Waals surface area contributed by atoms with Crippen LogP contribution in [0.15, 0.2) is 29.0 Å². The number of carbonyl (C=O) groups is 1. The van der Waals surface area contributed by atoms with Crippen molar-refractivity contribution in [3.63, 3.8) is 0 Å². The number of unbranched alkanes of at least 4 members (excludes halogenated alkanes) is 1. The number of aliphatic hydroxyl groups is 1. The Bertz CT molecular complexity index is 1150. The highest BCUT2D eigenvalue weighted by Gasteiger charge is 2.82. The van der Waals surface area contributed by atoms with E-state index in [1.807, 2.05) is 6.92 Å². The van der Waals surface area contributed by atoms with Crippen molar-refractivity contribution in [3.8, 4) is 0 Å². The summed E-state index contributed by atoms with van der Waals surface area (Å²) in [5.41, 5.74) is -4.45. The van der Waals surface area contributed by atoms with Crippen molar-refractivity contribution >= 4 is 11.6 Å². The van der Waals surface area contributed by atoms with E-state index in [1.165, 1.54) is 6.92 Å². The van der Waals surface area contributed by atoms with Gasteiger partial charge < -0.3 is 34.2 Å².